The summed E-state index contributed by atoms with van der Waals surface area (Å²) in [5, 5.41) is 0. The normalized spacial score (nSPS) is 20.2. The van der Waals surface area contributed by atoms with Crippen LogP contribution in [0.1, 0.15) is 46.0 Å². The summed E-state index contributed by atoms with van der Waals surface area (Å²) in [6.45, 7) is 5.55. The maximum absolute atomic E-state index is 12.4. The first kappa shape index (κ1) is 15.9. The molecular formula is C13H28N2O2S. The number of hydrogen-bond acceptors (Lipinski definition) is 3. The van der Waals surface area contributed by atoms with Gasteiger partial charge in [0.05, 0.1) is 5.75 Å². The molecule has 0 aliphatic heterocycles. The molecule has 1 rings (SSSR count). The lowest BCUT2D eigenvalue weighted by Gasteiger charge is -2.27. The quantitative estimate of drug-likeness (QED) is 0.771. The number of nitrogens with two attached hydrogens (primary N) is 1. The first-order chi connectivity index (χ1) is 8.49. The van der Waals surface area contributed by atoms with Crippen LogP contribution in [0, 0.1) is 11.8 Å². The largest absolute Gasteiger partial charge is 0.330 e. The molecule has 108 valence electrons. The fraction of sp³-hybridized carbons (Fsp3) is 1.00. The SMILES string of the molecule is CCN(CC(C)CN)S(=O)(=O)CC1CCCCC1. The minimum Gasteiger partial charge on any atom is -0.330 e. The van der Waals surface area contributed by atoms with E-state index in [9.17, 15) is 8.42 Å². The van der Waals surface area contributed by atoms with Crippen LogP contribution in [0.2, 0.25) is 0 Å². The summed E-state index contributed by atoms with van der Waals surface area (Å²) in [7, 11) is -3.10. The lowest BCUT2D eigenvalue weighted by Crippen LogP contribution is -2.39. The van der Waals surface area contributed by atoms with Crippen molar-refractivity contribution in [1.29, 1.82) is 0 Å². The average Bonchev–Trinajstić information content (AvgIpc) is 2.36. The average molecular weight is 276 g/mol. The van der Waals surface area contributed by atoms with Gasteiger partial charge in [-0.1, -0.05) is 33.1 Å². The molecule has 1 aliphatic rings. The van der Waals surface area contributed by atoms with E-state index < -0.39 is 10.0 Å². The van der Waals surface area contributed by atoms with Crippen molar-refractivity contribution in [3.8, 4) is 0 Å². The Labute approximate surface area is 112 Å². The summed E-state index contributed by atoms with van der Waals surface area (Å²) in [5.74, 6) is 0.926. The summed E-state index contributed by atoms with van der Waals surface area (Å²) in [4.78, 5) is 0. The van der Waals surface area contributed by atoms with E-state index in [0.29, 0.717) is 31.3 Å². The molecule has 2 N–H and O–H groups in total. The van der Waals surface area contributed by atoms with Gasteiger partial charge in [0, 0.05) is 13.1 Å². The standard InChI is InChI=1S/C13H28N2O2S/c1-3-15(10-12(2)9-14)18(16,17)11-13-7-5-4-6-8-13/h12-13H,3-11,14H2,1-2H3. The van der Waals surface area contributed by atoms with Crippen molar-refractivity contribution >= 4 is 10.0 Å². The minimum absolute atomic E-state index is 0.228. The summed E-state index contributed by atoms with van der Waals surface area (Å²) in [5.41, 5.74) is 5.58. The predicted molar refractivity (Wildman–Crippen MR) is 75.8 cm³/mol. The van der Waals surface area contributed by atoms with Gasteiger partial charge in [-0.15, -0.1) is 0 Å². The minimum atomic E-state index is -3.10. The Balaban J connectivity index is 2.58. The molecule has 1 unspecified atom stereocenters. The van der Waals surface area contributed by atoms with Gasteiger partial charge in [-0.05, 0) is 31.2 Å². The predicted octanol–water partition coefficient (Wildman–Crippen LogP) is 1.81. The zero-order chi connectivity index (χ0) is 13.6. The third-order valence-electron chi connectivity index (χ3n) is 3.83. The van der Waals surface area contributed by atoms with Crippen LogP contribution >= 0.6 is 0 Å². The van der Waals surface area contributed by atoms with Gasteiger partial charge >= 0.3 is 0 Å². The second-order valence-electron chi connectivity index (χ2n) is 5.57. The molecule has 0 spiro atoms. The summed E-state index contributed by atoms with van der Waals surface area (Å²) in [6, 6.07) is 0. The highest BCUT2D eigenvalue weighted by atomic mass is 32.2. The second kappa shape index (κ2) is 7.46. The number of rotatable bonds is 7. The van der Waals surface area contributed by atoms with Gasteiger partial charge in [0.1, 0.15) is 0 Å². The van der Waals surface area contributed by atoms with Crippen molar-refractivity contribution in [3.05, 3.63) is 0 Å². The Morgan fingerprint density at radius 2 is 1.89 bits per heavy atom. The fourth-order valence-electron chi connectivity index (χ4n) is 2.62. The Kier molecular flexibility index (Phi) is 6.60. The molecule has 1 fully saturated rings. The van der Waals surface area contributed by atoms with E-state index >= 15 is 0 Å². The van der Waals surface area contributed by atoms with Gasteiger partial charge < -0.3 is 5.73 Å². The van der Waals surface area contributed by atoms with Gasteiger partial charge in [0.2, 0.25) is 10.0 Å². The van der Waals surface area contributed by atoms with E-state index in [4.69, 9.17) is 5.73 Å². The molecule has 1 saturated carbocycles. The van der Waals surface area contributed by atoms with Crippen molar-refractivity contribution in [3.63, 3.8) is 0 Å². The molecule has 0 aromatic heterocycles. The molecule has 1 aliphatic carbocycles. The maximum atomic E-state index is 12.4. The number of hydrogen-bond donors (Lipinski definition) is 1. The van der Waals surface area contributed by atoms with Crippen LogP contribution in [0.5, 0.6) is 0 Å². The van der Waals surface area contributed by atoms with Crippen LogP contribution in [0.4, 0.5) is 0 Å². The zero-order valence-electron chi connectivity index (χ0n) is 11.8. The van der Waals surface area contributed by atoms with Gasteiger partial charge in [-0.2, -0.15) is 0 Å². The molecule has 4 nitrogen and oxygen atoms in total. The lowest BCUT2D eigenvalue weighted by molar-refractivity contribution is 0.349. The van der Waals surface area contributed by atoms with Crippen LogP contribution in [0.25, 0.3) is 0 Å². The zero-order valence-corrected chi connectivity index (χ0v) is 12.6. The van der Waals surface area contributed by atoms with Crippen molar-refractivity contribution in [1.82, 2.24) is 4.31 Å². The molecule has 0 bridgehead atoms. The number of sulfonamides is 1. The molecule has 0 radical (unpaired) electrons. The second-order valence-corrected chi connectivity index (χ2v) is 7.59. The summed E-state index contributed by atoms with van der Waals surface area (Å²) >= 11 is 0. The summed E-state index contributed by atoms with van der Waals surface area (Å²) < 4.78 is 26.3. The Hall–Kier alpha value is -0.130. The van der Waals surface area contributed by atoms with Crippen molar-refractivity contribution < 1.29 is 8.42 Å². The molecular weight excluding hydrogens is 248 g/mol. The Bertz CT molecular complexity index is 324. The van der Waals surface area contributed by atoms with Crippen molar-refractivity contribution in [2.75, 3.05) is 25.4 Å². The monoisotopic (exact) mass is 276 g/mol. The molecule has 18 heavy (non-hydrogen) atoms. The fourth-order valence-corrected chi connectivity index (χ4v) is 4.63. The van der Waals surface area contributed by atoms with Crippen LogP contribution in [-0.2, 0) is 10.0 Å². The van der Waals surface area contributed by atoms with Crippen molar-refractivity contribution in [2.24, 2.45) is 17.6 Å². The smallest absolute Gasteiger partial charge is 0.214 e. The van der Waals surface area contributed by atoms with Gasteiger partial charge in [-0.3, -0.25) is 0 Å². The van der Waals surface area contributed by atoms with E-state index in [1.165, 1.54) is 19.3 Å². The van der Waals surface area contributed by atoms with Crippen LogP contribution in [0.3, 0.4) is 0 Å². The third kappa shape index (κ3) is 4.86. The topological polar surface area (TPSA) is 63.4 Å². The van der Waals surface area contributed by atoms with E-state index in [1.807, 2.05) is 13.8 Å². The van der Waals surface area contributed by atoms with Crippen molar-refractivity contribution in [2.45, 2.75) is 46.0 Å². The first-order valence-electron chi connectivity index (χ1n) is 7.17. The maximum Gasteiger partial charge on any atom is 0.214 e. The van der Waals surface area contributed by atoms with Crippen LogP contribution in [-0.4, -0.2) is 38.1 Å². The molecule has 0 heterocycles. The highest BCUT2D eigenvalue weighted by Crippen LogP contribution is 2.25. The molecule has 1 atom stereocenters. The van der Waals surface area contributed by atoms with E-state index in [-0.39, 0.29) is 5.92 Å². The molecule has 5 heteroatoms. The Morgan fingerprint density at radius 1 is 1.28 bits per heavy atom. The molecule has 0 amide bonds. The third-order valence-corrected chi connectivity index (χ3v) is 5.92. The van der Waals surface area contributed by atoms with Gasteiger partial charge in [-0.25, -0.2) is 12.7 Å². The van der Waals surface area contributed by atoms with Gasteiger partial charge in [0.15, 0.2) is 0 Å². The van der Waals surface area contributed by atoms with E-state index in [0.717, 1.165) is 12.8 Å². The van der Waals surface area contributed by atoms with E-state index in [2.05, 4.69) is 0 Å². The van der Waals surface area contributed by atoms with Crippen LogP contribution in [0.15, 0.2) is 0 Å². The van der Waals surface area contributed by atoms with E-state index in [1.54, 1.807) is 4.31 Å². The lowest BCUT2D eigenvalue weighted by atomic mass is 9.91. The number of nitrogens with zero attached hydrogens (tertiary/aromatic N) is 1. The van der Waals surface area contributed by atoms with Crippen LogP contribution < -0.4 is 5.73 Å². The van der Waals surface area contributed by atoms with Gasteiger partial charge in [0.25, 0.3) is 0 Å². The Morgan fingerprint density at radius 3 is 2.39 bits per heavy atom. The molecule has 0 saturated heterocycles. The first-order valence-corrected chi connectivity index (χ1v) is 8.78. The molecule has 0 aromatic carbocycles. The highest BCUT2D eigenvalue weighted by Gasteiger charge is 2.26. The molecule has 0 aromatic rings. The summed E-state index contributed by atoms with van der Waals surface area (Å²) in [6.07, 6.45) is 5.78. The highest BCUT2D eigenvalue weighted by molar-refractivity contribution is 7.89.